The first-order chi connectivity index (χ1) is 12.7. The number of carbonyl (C=O) groups excluding carboxylic acids is 1. The van der Waals surface area contributed by atoms with E-state index in [0.717, 1.165) is 30.8 Å². The van der Waals surface area contributed by atoms with E-state index in [1.165, 1.54) is 11.1 Å². The summed E-state index contributed by atoms with van der Waals surface area (Å²) in [6.45, 7) is 4.22. The molecule has 0 radical (unpaired) electrons. The molecule has 0 spiro atoms. The Kier molecular flexibility index (Phi) is 6.08. The molecule has 136 valence electrons. The van der Waals surface area contributed by atoms with Gasteiger partial charge in [-0.25, -0.2) is 0 Å². The Morgan fingerprint density at radius 3 is 2.50 bits per heavy atom. The fraction of sp³-hybridized carbons (Fsp3) is 0.318. The van der Waals surface area contributed by atoms with Gasteiger partial charge in [0.2, 0.25) is 5.91 Å². The van der Waals surface area contributed by atoms with Crippen LogP contribution < -0.4 is 10.1 Å². The predicted octanol–water partition coefficient (Wildman–Crippen LogP) is 3.49. The fourth-order valence-corrected chi connectivity index (χ4v) is 3.20. The normalized spacial score (nSPS) is 15.8. The first kappa shape index (κ1) is 18.2. The highest BCUT2D eigenvalue weighted by Crippen LogP contribution is 2.23. The Morgan fingerprint density at radius 2 is 1.88 bits per heavy atom. The molecule has 0 aromatic heterocycles. The van der Waals surface area contributed by atoms with Crippen LogP contribution in [0.15, 0.2) is 60.7 Å². The van der Waals surface area contributed by atoms with Crippen molar-refractivity contribution in [3.8, 4) is 5.75 Å². The van der Waals surface area contributed by atoms with Gasteiger partial charge in [-0.3, -0.25) is 9.69 Å². The molecule has 0 bridgehead atoms. The van der Waals surface area contributed by atoms with E-state index in [9.17, 15) is 4.79 Å². The summed E-state index contributed by atoms with van der Waals surface area (Å²) in [5.74, 6) is 0.889. The second-order valence-electron chi connectivity index (χ2n) is 6.58. The molecule has 3 rings (SSSR count). The maximum atomic E-state index is 12.5. The number of nitrogens with zero attached hydrogens (tertiary/aromatic N) is 1. The lowest BCUT2D eigenvalue weighted by Gasteiger charge is -2.31. The summed E-state index contributed by atoms with van der Waals surface area (Å²) in [6.07, 6.45) is 3.21. The van der Waals surface area contributed by atoms with Crippen molar-refractivity contribution in [2.24, 2.45) is 0 Å². The monoisotopic (exact) mass is 350 g/mol. The van der Waals surface area contributed by atoms with Crippen LogP contribution in [0.5, 0.6) is 5.75 Å². The largest absolute Gasteiger partial charge is 0.497 e. The maximum absolute atomic E-state index is 12.5. The summed E-state index contributed by atoms with van der Waals surface area (Å²) >= 11 is 0. The van der Waals surface area contributed by atoms with Gasteiger partial charge in [-0.05, 0) is 42.2 Å². The fourth-order valence-electron chi connectivity index (χ4n) is 3.20. The lowest BCUT2D eigenvalue weighted by Crippen LogP contribution is -2.46. The van der Waals surface area contributed by atoms with Crippen molar-refractivity contribution in [3.63, 3.8) is 0 Å². The van der Waals surface area contributed by atoms with Gasteiger partial charge in [0.25, 0.3) is 0 Å². The van der Waals surface area contributed by atoms with Crippen LogP contribution >= 0.6 is 0 Å². The highest BCUT2D eigenvalue weighted by Gasteiger charge is 2.23. The molecule has 1 heterocycles. The first-order valence-electron chi connectivity index (χ1n) is 9.06. The molecule has 0 aliphatic carbocycles. The standard InChI is InChI=1S/C22H26N2O2/c1-17(22(25)23-16-18-8-10-21(26-2)11-9-18)24-14-12-20(13-15-24)19-6-4-3-5-7-19/h3-12,17H,13-16H2,1-2H3,(H,23,25)/t17-/m0/s1. The number of hydrogen-bond acceptors (Lipinski definition) is 3. The number of nitrogens with one attached hydrogen (secondary N) is 1. The summed E-state index contributed by atoms with van der Waals surface area (Å²) in [4.78, 5) is 14.7. The summed E-state index contributed by atoms with van der Waals surface area (Å²) in [7, 11) is 1.65. The zero-order chi connectivity index (χ0) is 18.4. The van der Waals surface area contributed by atoms with Gasteiger partial charge in [-0.2, -0.15) is 0 Å². The molecule has 26 heavy (non-hydrogen) atoms. The molecule has 0 fully saturated rings. The quantitative estimate of drug-likeness (QED) is 0.867. The van der Waals surface area contributed by atoms with Crippen molar-refractivity contribution < 1.29 is 9.53 Å². The Bertz CT molecular complexity index is 753. The topological polar surface area (TPSA) is 41.6 Å². The molecule has 1 aliphatic rings. The maximum Gasteiger partial charge on any atom is 0.237 e. The molecule has 0 saturated heterocycles. The molecule has 0 saturated carbocycles. The van der Waals surface area contributed by atoms with Crippen molar-refractivity contribution in [3.05, 3.63) is 71.8 Å². The number of hydrogen-bond donors (Lipinski definition) is 1. The molecule has 2 aromatic rings. The second-order valence-corrected chi connectivity index (χ2v) is 6.58. The molecule has 1 atom stereocenters. The van der Waals surface area contributed by atoms with Crippen LogP contribution in [0.2, 0.25) is 0 Å². The number of methoxy groups -OCH3 is 1. The smallest absolute Gasteiger partial charge is 0.237 e. The minimum atomic E-state index is -0.137. The first-order valence-corrected chi connectivity index (χ1v) is 9.06. The summed E-state index contributed by atoms with van der Waals surface area (Å²) in [6, 6.07) is 18.1. The van der Waals surface area contributed by atoms with Gasteiger partial charge >= 0.3 is 0 Å². The van der Waals surface area contributed by atoms with Crippen LogP contribution in [0, 0.1) is 0 Å². The van der Waals surface area contributed by atoms with Crippen molar-refractivity contribution in [2.45, 2.75) is 25.9 Å². The average Bonchev–Trinajstić information content (AvgIpc) is 2.72. The van der Waals surface area contributed by atoms with Crippen LogP contribution in [-0.2, 0) is 11.3 Å². The van der Waals surface area contributed by atoms with Gasteiger partial charge in [0.05, 0.1) is 13.2 Å². The molecule has 1 aliphatic heterocycles. The van der Waals surface area contributed by atoms with Crippen LogP contribution in [0.4, 0.5) is 0 Å². The van der Waals surface area contributed by atoms with Gasteiger partial charge in [0.15, 0.2) is 0 Å². The summed E-state index contributed by atoms with van der Waals surface area (Å²) in [5, 5.41) is 3.03. The molecular formula is C22H26N2O2. The Morgan fingerprint density at radius 1 is 1.15 bits per heavy atom. The van der Waals surface area contributed by atoms with E-state index >= 15 is 0 Å². The molecule has 0 unspecified atom stereocenters. The number of benzene rings is 2. The Labute approximate surface area is 155 Å². The van der Waals surface area contributed by atoms with E-state index in [1.807, 2.05) is 37.3 Å². The van der Waals surface area contributed by atoms with Crippen molar-refractivity contribution in [2.75, 3.05) is 20.2 Å². The summed E-state index contributed by atoms with van der Waals surface area (Å²) < 4.78 is 5.15. The van der Waals surface area contributed by atoms with E-state index in [0.29, 0.717) is 6.54 Å². The molecule has 1 N–H and O–H groups in total. The number of carbonyl (C=O) groups is 1. The number of amides is 1. The zero-order valence-corrected chi connectivity index (χ0v) is 15.4. The van der Waals surface area contributed by atoms with Gasteiger partial charge in [0, 0.05) is 19.6 Å². The number of rotatable bonds is 6. The van der Waals surface area contributed by atoms with Gasteiger partial charge in [-0.15, -0.1) is 0 Å². The number of ether oxygens (including phenoxy) is 1. The van der Waals surface area contributed by atoms with Crippen molar-refractivity contribution >= 4 is 11.5 Å². The van der Waals surface area contributed by atoms with Gasteiger partial charge < -0.3 is 10.1 Å². The Hall–Kier alpha value is -2.59. The third-order valence-electron chi connectivity index (χ3n) is 4.94. The van der Waals surface area contributed by atoms with Gasteiger partial charge in [-0.1, -0.05) is 48.5 Å². The van der Waals surface area contributed by atoms with Crippen molar-refractivity contribution in [1.82, 2.24) is 10.2 Å². The molecular weight excluding hydrogens is 324 g/mol. The SMILES string of the molecule is COc1ccc(CNC(=O)[C@H](C)N2CC=C(c3ccccc3)CC2)cc1. The highest BCUT2D eigenvalue weighted by atomic mass is 16.5. The Balaban J connectivity index is 1.51. The van der Waals surface area contributed by atoms with Gasteiger partial charge in [0.1, 0.15) is 5.75 Å². The van der Waals surface area contributed by atoms with Crippen LogP contribution in [0.1, 0.15) is 24.5 Å². The lowest BCUT2D eigenvalue weighted by molar-refractivity contribution is -0.125. The third-order valence-corrected chi connectivity index (χ3v) is 4.94. The average molecular weight is 350 g/mol. The second kappa shape index (κ2) is 8.68. The third kappa shape index (κ3) is 4.52. The van der Waals surface area contributed by atoms with Crippen LogP contribution in [0.3, 0.4) is 0 Å². The van der Waals surface area contributed by atoms with Crippen molar-refractivity contribution in [1.29, 1.82) is 0 Å². The lowest BCUT2D eigenvalue weighted by atomic mass is 9.99. The van der Waals surface area contributed by atoms with Crippen LogP contribution in [-0.4, -0.2) is 37.0 Å². The summed E-state index contributed by atoms with van der Waals surface area (Å²) in [5.41, 5.74) is 3.72. The van der Waals surface area contributed by atoms with Crippen LogP contribution in [0.25, 0.3) is 5.57 Å². The molecule has 4 nitrogen and oxygen atoms in total. The van der Waals surface area contributed by atoms with E-state index in [2.05, 4.69) is 40.6 Å². The highest BCUT2D eigenvalue weighted by molar-refractivity contribution is 5.81. The molecule has 1 amide bonds. The minimum absolute atomic E-state index is 0.0670. The molecule has 2 aromatic carbocycles. The van der Waals surface area contributed by atoms with E-state index in [4.69, 9.17) is 4.74 Å². The minimum Gasteiger partial charge on any atom is -0.497 e. The predicted molar refractivity (Wildman–Crippen MR) is 105 cm³/mol. The van der Waals surface area contributed by atoms with E-state index < -0.39 is 0 Å². The molecule has 4 heteroatoms. The zero-order valence-electron chi connectivity index (χ0n) is 15.4. The van der Waals surface area contributed by atoms with E-state index in [-0.39, 0.29) is 11.9 Å². The van der Waals surface area contributed by atoms with E-state index in [1.54, 1.807) is 7.11 Å².